The van der Waals surface area contributed by atoms with Gasteiger partial charge in [0.15, 0.2) is 0 Å². The summed E-state index contributed by atoms with van der Waals surface area (Å²) >= 11 is 0. The van der Waals surface area contributed by atoms with E-state index in [0.717, 1.165) is 18.2 Å². The number of anilines is 1. The molecule has 0 spiro atoms. The summed E-state index contributed by atoms with van der Waals surface area (Å²) in [4.78, 5) is 22.4. The van der Waals surface area contributed by atoms with Crippen LogP contribution in [0.5, 0.6) is 0 Å². The Labute approximate surface area is 109 Å². The van der Waals surface area contributed by atoms with Gasteiger partial charge in [-0.05, 0) is 24.6 Å². The summed E-state index contributed by atoms with van der Waals surface area (Å²) in [6, 6.07) is 2.44. The molecule has 5 nitrogen and oxygen atoms in total. The molecule has 0 saturated heterocycles. The van der Waals surface area contributed by atoms with E-state index < -0.39 is 17.8 Å². The molecule has 0 saturated carbocycles. The first-order valence-electron chi connectivity index (χ1n) is 5.55. The van der Waals surface area contributed by atoms with Crippen LogP contribution in [0.2, 0.25) is 0 Å². The fourth-order valence-corrected chi connectivity index (χ4v) is 1.37. The number of benzene rings is 1. The highest BCUT2D eigenvalue weighted by molar-refractivity contribution is 5.99. The first-order valence-corrected chi connectivity index (χ1v) is 5.55. The van der Waals surface area contributed by atoms with Crippen molar-refractivity contribution in [1.82, 2.24) is 5.32 Å². The fourth-order valence-electron chi connectivity index (χ4n) is 1.37. The van der Waals surface area contributed by atoms with Gasteiger partial charge in [-0.25, -0.2) is 14.0 Å². The number of carbonyl (C=O) groups is 2. The maximum absolute atomic E-state index is 13.0. The largest absolute Gasteiger partial charge is 0.478 e. The maximum Gasteiger partial charge on any atom is 0.337 e. The first kappa shape index (κ1) is 14.5. The van der Waals surface area contributed by atoms with E-state index in [-0.39, 0.29) is 11.3 Å². The molecule has 0 heterocycles. The fraction of sp³-hybridized carbons (Fsp3) is 0.231. The number of rotatable bonds is 5. The molecule has 0 bridgehead atoms. The highest BCUT2D eigenvalue weighted by Crippen LogP contribution is 2.17. The molecule has 0 unspecified atom stereocenters. The molecule has 0 aliphatic carbocycles. The van der Waals surface area contributed by atoms with Crippen molar-refractivity contribution in [2.45, 2.75) is 12.8 Å². The molecule has 0 aromatic heterocycles. The number of urea groups is 1. The summed E-state index contributed by atoms with van der Waals surface area (Å²) in [5.74, 6) is 0.544. The number of nitrogens with one attached hydrogen (secondary N) is 2. The third-order valence-electron chi connectivity index (χ3n) is 2.24. The van der Waals surface area contributed by atoms with Crippen molar-refractivity contribution in [1.29, 1.82) is 0 Å². The minimum atomic E-state index is -1.25. The van der Waals surface area contributed by atoms with Gasteiger partial charge >= 0.3 is 12.0 Å². The molecule has 6 heteroatoms. The number of terminal acetylenes is 1. The van der Waals surface area contributed by atoms with Gasteiger partial charge in [-0.1, -0.05) is 0 Å². The number of hydrogen-bond donors (Lipinski definition) is 3. The van der Waals surface area contributed by atoms with E-state index in [4.69, 9.17) is 11.5 Å². The molecule has 0 aliphatic rings. The van der Waals surface area contributed by atoms with Crippen molar-refractivity contribution in [3.8, 4) is 12.3 Å². The van der Waals surface area contributed by atoms with E-state index in [1.807, 2.05) is 0 Å². The van der Waals surface area contributed by atoms with Gasteiger partial charge in [-0.15, -0.1) is 12.3 Å². The number of amides is 2. The van der Waals surface area contributed by atoms with Crippen LogP contribution >= 0.6 is 0 Å². The van der Waals surface area contributed by atoms with Crippen molar-refractivity contribution >= 4 is 17.7 Å². The second kappa shape index (κ2) is 7.01. The van der Waals surface area contributed by atoms with Gasteiger partial charge in [0.05, 0.1) is 11.3 Å². The van der Waals surface area contributed by atoms with Crippen LogP contribution in [0.1, 0.15) is 23.2 Å². The molecule has 0 atom stereocenters. The second-order valence-electron chi connectivity index (χ2n) is 3.68. The van der Waals surface area contributed by atoms with Crippen LogP contribution in [0.3, 0.4) is 0 Å². The standard InChI is InChI=1S/C13H13FN2O3/c1-2-3-4-7-15-13(19)16-11-8-9(14)5-6-10(11)12(17)18/h1,5-6,8H,3-4,7H2,(H,17,18)(H2,15,16,19). The number of halogens is 1. The minimum absolute atomic E-state index is 0.0954. The summed E-state index contributed by atoms with van der Waals surface area (Å²) in [6.07, 6.45) is 6.19. The SMILES string of the molecule is C#CCCCNC(=O)Nc1cc(F)ccc1C(=O)O. The molecule has 2 amide bonds. The van der Waals surface area contributed by atoms with Crippen LogP contribution in [0.25, 0.3) is 0 Å². The van der Waals surface area contributed by atoms with Crippen molar-refractivity contribution in [3.63, 3.8) is 0 Å². The smallest absolute Gasteiger partial charge is 0.337 e. The monoisotopic (exact) mass is 264 g/mol. The van der Waals surface area contributed by atoms with Crippen LogP contribution in [-0.2, 0) is 0 Å². The van der Waals surface area contributed by atoms with Crippen LogP contribution in [0, 0.1) is 18.2 Å². The number of unbranched alkanes of at least 4 members (excludes halogenated alkanes) is 1. The van der Waals surface area contributed by atoms with Crippen molar-refractivity contribution in [3.05, 3.63) is 29.6 Å². The summed E-state index contributed by atoms with van der Waals surface area (Å²) < 4.78 is 13.0. The summed E-state index contributed by atoms with van der Waals surface area (Å²) in [5.41, 5.74) is -0.276. The van der Waals surface area contributed by atoms with E-state index in [0.29, 0.717) is 19.4 Å². The molecule has 1 aromatic rings. The number of carbonyl (C=O) groups excluding carboxylic acids is 1. The predicted molar refractivity (Wildman–Crippen MR) is 68.4 cm³/mol. The lowest BCUT2D eigenvalue weighted by Crippen LogP contribution is -2.30. The average Bonchev–Trinajstić information content (AvgIpc) is 2.34. The number of aromatic carboxylic acids is 1. The number of carboxylic acid groups (broad SMARTS) is 1. The Morgan fingerprint density at radius 1 is 1.42 bits per heavy atom. The third-order valence-corrected chi connectivity index (χ3v) is 2.24. The zero-order valence-electron chi connectivity index (χ0n) is 10.1. The first-order chi connectivity index (χ1) is 9.04. The maximum atomic E-state index is 13.0. The highest BCUT2D eigenvalue weighted by atomic mass is 19.1. The topological polar surface area (TPSA) is 78.4 Å². The molecular formula is C13H13FN2O3. The van der Waals surface area contributed by atoms with E-state index in [2.05, 4.69) is 16.6 Å². The summed E-state index contributed by atoms with van der Waals surface area (Å²) in [6.45, 7) is 0.355. The molecule has 3 N–H and O–H groups in total. The zero-order valence-corrected chi connectivity index (χ0v) is 10.1. The van der Waals surface area contributed by atoms with Gasteiger partial charge in [0, 0.05) is 13.0 Å². The van der Waals surface area contributed by atoms with E-state index in [9.17, 15) is 14.0 Å². The van der Waals surface area contributed by atoms with Crippen molar-refractivity contribution in [2.75, 3.05) is 11.9 Å². The lowest BCUT2D eigenvalue weighted by molar-refractivity contribution is 0.0698. The van der Waals surface area contributed by atoms with Gasteiger partial charge in [0.1, 0.15) is 5.82 Å². The van der Waals surface area contributed by atoms with E-state index in [1.54, 1.807) is 0 Å². The van der Waals surface area contributed by atoms with Gasteiger partial charge in [-0.3, -0.25) is 0 Å². The molecule has 1 rings (SSSR count). The Kier molecular flexibility index (Phi) is 5.35. The van der Waals surface area contributed by atoms with E-state index >= 15 is 0 Å². The summed E-state index contributed by atoms with van der Waals surface area (Å²) in [5, 5.41) is 13.7. The Hall–Kier alpha value is -2.55. The lowest BCUT2D eigenvalue weighted by Gasteiger charge is -2.09. The minimum Gasteiger partial charge on any atom is -0.478 e. The number of hydrogen-bond acceptors (Lipinski definition) is 2. The molecule has 0 radical (unpaired) electrons. The highest BCUT2D eigenvalue weighted by Gasteiger charge is 2.13. The van der Waals surface area contributed by atoms with Crippen LogP contribution in [-0.4, -0.2) is 23.7 Å². The molecule has 1 aromatic carbocycles. The van der Waals surface area contributed by atoms with Crippen LogP contribution in [0.15, 0.2) is 18.2 Å². The Bertz CT molecular complexity index is 523. The van der Waals surface area contributed by atoms with Gasteiger partial charge in [-0.2, -0.15) is 0 Å². The molecular weight excluding hydrogens is 251 g/mol. The third kappa shape index (κ3) is 4.68. The lowest BCUT2D eigenvalue weighted by atomic mass is 10.2. The predicted octanol–water partition coefficient (Wildman–Crippen LogP) is 2.06. The van der Waals surface area contributed by atoms with Crippen molar-refractivity contribution < 1.29 is 19.1 Å². The van der Waals surface area contributed by atoms with Crippen LogP contribution < -0.4 is 10.6 Å². The quantitative estimate of drug-likeness (QED) is 0.562. The zero-order chi connectivity index (χ0) is 14.3. The molecule has 0 aliphatic heterocycles. The van der Waals surface area contributed by atoms with Crippen LogP contribution in [0.4, 0.5) is 14.9 Å². The van der Waals surface area contributed by atoms with Gasteiger partial charge < -0.3 is 15.7 Å². The molecule has 100 valence electrons. The summed E-state index contributed by atoms with van der Waals surface area (Å²) in [7, 11) is 0. The Balaban J connectivity index is 2.65. The van der Waals surface area contributed by atoms with Gasteiger partial charge in [0.25, 0.3) is 0 Å². The molecule has 19 heavy (non-hydrogen) atoms. The molecule has 0 fully saturated rings. The van der Waals surface area contributed by atoms with E-state index in [1.165, 1.54) is 0 Å². The second-order valence-corrected chi connectivity index (χ2v) is 3.68. The normalized spacial score (nSPS) is 9.47. The van der Waals surface area contributed by atoms with Gasteiger partial charge in [0.2, 0.25) is 0 Å². The Morgan fingerprint density at radius 2 is 2.16 bits per heavy atom. The average molecular weight is 264 g/mol. The Morgan fingerprint density at radius 3 is 2.79 bits per heavy atom. The number of carboxylic acids is 1. The van der Waals surface area contributed by atoms with Crippen molar-refractivity contribution in [2.24, 2.45) is 0 Å².